The summed E-state index contributed by atoms with van der Waals surface area (Å²) in [5.41, 5.74) is 13.0. The molecular weight excluding hydrogens is 671 g/mol. The molecule has 1 nitrogen and oxygen atoms in total. The van der Waals surface area contributed by atoms with Crippen molar-refractivity contribution in [3.05, 3.63) is 212 Å². The summed E-state index contributed by atoms with van der Waals surface area (Å²) >= 11 is 1.87. The van der Waals surface area contributed by atoms with Gasteiger partial charge in [0.1, 0.15) is 0 Å². The van der Waals surface area contributed by atoms with Crippen LogP contribution in [-0.2, 0) is 0 Å². The van der Waals surface area contributed by atoms with E-state index < -0.39 is 0 Å². The van der Waals surface area contributed by atoms with Crippen LogP contribution < -0.4 is 4.90 Å². The highest BCUT2D eigenvalue weighted by Crippen LogP contribution is 2.47. The summed E-state index contributed by atoms with van der Waals surface area (Å²) in [5.74, 6) is 0. The number of hydrogen-bond acceptors (Lipinski definition) is 2. The maximum Gasteiger partial charge on any atom is 0.0640 e. The molecular formula is C52H35NS. The molecule has 0 atom stereocenters. The number of fused-ring (bicyclic) bond motifs is 4. The monoisotopic (exact) mass is 705 g/mol. The zero-order chi connectivity index (χ0) is 35.8. The molecule has 0 bridgehead atoms. The van der Waals surface area contributed by atoms with Crippen LogP contribution in [0.15, 0.2) is 212 Å². The Morgan fingerprint density at radius 2 is 0.870 bits per heavy atom. The van der Waals surface area contributed by atoms with Gasteiger partial charge < -0.3 is 4.90 Å². The van der Waals surface area contributed by atoms with Crippen LogP contribution in [-0.4, -0.2) is 0 Å². The van der Waals surface area contributed by atoms with E-state index in [9.17, 15) is 0 Å². The van der Waals surface area contributed by atoms with Gasteiger partial charge >= 0.3 is 0 Å². The summed E-state index contributed by atoms with van der Waals surface area (Å²) < 4.78 is 2.57. The number of benzene rings is 9. The Morgan fingerprint density at radius 3 is 1.61 bits per heavy atom. The van der Waals surface area contributed by atoms with Crippen LogP contribution in [0.1, 0.15) is 0 Å². The first-order valence-corrected chi connectivity index (χ1v) is 19.2. The molecule has 2 heteroatoms. The number of anilines is 3. The Morgan fingerprint density at radius 1 is 0.315 bits per heavy atom. The van der Waals surface area contributed by atoms with Crippen molar-refractivity contribution in [2.75, 3.05) is 4.90 Å². The van der Waals surface area contributed by atoms with Crippen molar-refractivity contribution < 1.29 is 0 Å². The summed E-state index contributed by atoms with van der Waals surface area (Å²) in [6.45, 7) is 0. The molecule has 0 aliphatic heterocycles. The summed E-state index contributed by atoms with van der Waals surface area (Å²) in [5, 5.41) is 5.04. The van der Waals surface area contributed by atoms with Gasteiger partial charge in [0.05, 0.1) is 10.4 Å². The lowest BCUT2D eigenvalue weighted by atomic mass is 9.93. The molecule has 10 rings (SSSR count). The molecule has 0 aliphatic rings. The van der Waals surface area contributed by atoms with Gasteiger partial charge in [-0.05, 0) is 104 Å². The van der Waals surface area contributed by atoms with Gasteiger partial charge in [0, 0.05) is 26.8 Å². The van der Waals surface area contributed by atoms with Gasteiger partial charge in [-0.15, -0.1) is 11.3 Å². The minimum atomic E-state index is 1.11. The Bertz CT molecular complexity index is 2930. The molecule has 0 saturated heterocycles. The summed E-state index contributed by atoms with van der Waals surface area (Å²) in [6, 6.07) is 77.2. The Kier molecular flexibility index (Phi) is 8.09. The van der Waals surface area contributed by atoms with E-state index in [1.165, 1.54) is 81.1 Å². The van der Waals surface area contributed by atoms with Crippen molar-refractivity contribution in [2.45, 2.75) is 0 Å². The second-order valence-corrected chi connectivity index (χ2v) is 14.8. The van der Waals surface area contributed by atoms with Gasteiger partial charge in [0.15, 0.2) is 0 Å². The van der Waals surface area contributed by atoms with Crippen molar-refractivity contribution in [2.24, 2.45) is 0 Å². The SMILES string of the molecule is c1ccc(-c2ccc3ccc(-c4cccc(N(c5ccc(-c6ccccc6)c(-c6ccccc6)c5)c5cccc6c5sc5ccccc56)c4)cc3c2)cc1. The predicted molar refractivity (Wildman–Crippen MR) is 233 cm³/mol. The molecule has 0 fully saturated rings. The molecule has 9 aromatic carbocycles. The molecule has 0 N–H and O–H groups in total. The van der Waals surface area contributed by atoms with Crippen LogP contribution in [0.25, 0.3) is 75.5 Å². The predicted octanol–water partition coefficient (Wildman–Crippen LogP) is 15.3. The van der Waals surface area contributed by atoms with Crippen LogP contribution in [0.4, 0.5) is 17.1 Å². The van der Waals surface area contributed by atoms with Crippen LogP contribution in [0.2, 0.25) is 0 Å². The average molecular weight is 706 g/mol. The second-order valence-electron chi connectivity index (χ2n) is 13.7. The fourth-order valence-corrected chi connectivity index (χ4v) is 9.00. The summed E-state index contributed by atoms with van der Waals surface area (Å²) in [6.07, 6.45) is 0. The lowest BCUT2D eigenvalue weighted by Crippen LogP contribution is -2.10. The van der Waals surface area contributed by atoms with E-state index in [0.717, 1.165) is 11.4 Å². The van der Waals surface area contributed by atoms with Gasteiger partial charge in [-0.25, -0.2) is 0 Å². The summed E-state index contributed by atoms with van der Waals surface area (Å²) in [7, 11) is 0. The highest BCUT2D eigenvalue weighted by atomic mass is 32.1. The molecule has 0 unspecified atom stereocenters. The average Bonchev–Trinajstić information content (AvgIpc) is 3.64. The van der Waals surface area contributed by atoms with Crippen LogP contribution in [0, 0.1) is 0 Å². The maximum absolute atomic E-state index is 2.46. The van der Waals surface area contributed by atoms with E-state index in [1.807, 2.05) is 11.3 Å². The lowest BCUT2D eigenvalue weighted by Gasteiger charge is -2.28. The highest BCUT2D eigenvalue weighted by molar-refractivity contribution is 7.26. The van der Waals surface area contributed by atoms with Crippen molar-refractivity contribution in [1.82, 2.24) is 0 Å². The normalized spacial score (nSPS) is 11.3. The number of nitrogens with zero attached hydrogens (tertiary/aromatic N) is 1. The molecule has 0 spiro atoms. The van der Waals surface area contributed by atoms with E-state index >= 15 is 0 Å². The third kappa shape index (κ3) is 5.84. The van der Waals surface area contributed by atoms with Crippen LogP contribution >= 0.6 is 11.3 Å². The van der Waals surface area contributed by atoms with Gasteiger partial charge in [-0.1, -0.05) is 164 Å². The van der Waals surface area contributed by atoms with Crippen LogP contribution in [0.3, 0.4) is 0 Å². The Labute approximate surface area is 319 Å². The largest absolute Gasteiger partial charge is 0.309 e. The second kappa shape index (κ2) is 13.7. The molecule has 54 heavy (non-hydrogen) atoms. The number of hydrogen-bond donors (Lipinski definition) is 0. The molecule has 10 aromatic rings. The molecule has 1 heterocycles. The molecule has 0 aliphatic carbocycles. The van der Waals surface area contributed by atoms with Crippen LogP contribution in [0.5, 0.6) is 0 Å². The maximum atomic E-state index is 2.46. The van der Waals surface area contributed by atoms with Gasteiger partial charge in [-0.2, -0.15) is 0 Å². The molecule has 0 amide bonds. The molecule has 254 valence electrons. The topological polar surface area (TPSA) is 3.24 Å². The van der Waals surface area contributed by atoms with E-state index in [0.29, 0.717) is 0 Å². The first kappa shape index (κ1) is 32.0. The van der Waals surface area contributed by atoms with Crippen molar-refractivity contribution in [3.63, 3.8) is 0 Å². The smallest absolute Gasteiger partial charge is 0.0640 e. The minimum Gasteiger partial charge on any atom is -0.309 e. The highest BCUT2D eigenvalue weighted by Gasteiger charge is 2.20. The third-order valence-electron chi connectivity index (χ3n) is 10.4. The third-order valence-corrected chi connectivity index (χ3v) is 11.6. The first-order chi connectivity index (χ1) is 26.8. The zero-order valence-corrected chi connectivity index (χ0v) is 30.4. The molecule has 0 radical (unpaired) electrons. The molecule has 1 aromatic heterocycles. The van der Waals surface area contributed by atoms with E-state index in [4.69, 9.17) is 0 Å². The standard InChI is InChI=1S/C52H35NS/c1-4-14-36(15-5-1)41-28-26-37-27-29-42(33-43(37)32-41)40-20-12-21-44(34-40)53(50-24-13-23-48-47-22-10-11-25-51(47)54-52(48)50)45-30-31-46(38-16-6-2-7-17-38)49(35-45)39-18-8-3-9-19-39/h1-35H. The van der Waals surface area contributed by atoms with Gasteiger partial charge in [0.25, 0.3) is 0 Å². The van der Waals surface area contributed by atoms with Crippen molar-refractivity contribution in [3.8, 4) is 44.5 Å². The van der Waals surface area contributed by atoms with Crippen molar-refractivity contribution in [1.29, 1.82) is 0 Å². The zero-order valence-electron chi connectivity index (χ0n) is 29.6. The lowest BCUT2D eigenvalue weighted by molar-refractivity contribution is 1.30. The Balaban J connectivity index is 1.17. The molecule has 0 saturated carbocycles. The number of thiophene rings is 1. The first-order valence-electron chi connectivity index (χ1n) is 18.4. The fraction of sp³-hybridized carbons (Fsp3) is 0. The van der Waals surface area contributed by atoms with E-state index in [2.05, 4.69) is 217 Å². The van der Waals surface area contributed by atoms with E-state index in [1.54, 1.807) is 0 Å². The fourth-order valence-electron chi connectivity index (χ4n) is 7.79. The van der Waals surface area contributed by atoms with Gasteiger partial charge in [0.2, 0.25) is 0 Å². The summed E-state index contributed by atoms with van der Waals surface area (Å²) in [4.78, 5) is 2.46. The number of rotatable bonds is 7. The minimum absolute atomic E-state index is 1.11. The Hall–Kier alpha value is -6.74. The van der Waals surface area contributed by atoms with Crippen molar-refractivity contribution >= 4 is 59.3 Å². The van der Waals surface area contributed by atoms with Gasteiger partial charge in [-0.3, -0.25) is 0 Å². The van der Waals surface area contributed by atoms with E-state index in [-0.39, 0.29) is 0 Å². The quantitative estimate of drug-likeness (QED) is 0.160.